The Morgan fingerprint density at radius 3 is 2.36 bits per heavy atom. The van der Waals surface area contributed by atoms with Gasteiger partial charge in [0.25, 0.3) is 0 Å². The van der Waals surface area contributed by atoms with Crippen LogP contribution in [0.15, 0.2) is 60.7 Å². The highest BCUT2D eigenvalue weighted by Gasteiger charge is 2.36. The van der Waals surface area contributed by atoms with Gasteiger partial charge in [-0.3, -0.25) is 0 Å². The predicted molar refractivity (Wildman–Crippen MR) is 91.2 cm³/mol. The van der Waals surface area contributed by atoms with Crippen LogP contribution in [-0.4, -0.2) is 24.0 Å². The molecule has 1 saturated heterocycles. The zero-order valence-electron chi connectivity index (χ0n) is 13.9. The number of hydrogen-bond donors (Lipinski definition) is 0. The summed E-state index contributed by atoms with van der Waals surface area (Å²) < 4.78 is 31.8. The van der Waals surface area contributed by atoms with Gasteiger partial charge in [-0.25, -0.2) is 13.6 Å². The van der Waals surface area contributed by atoms with Crippen molar-refractivity contribution in [2.24, 2.45) is 5.92 Å². The minimum Gasteiger partial charge on any atom is -0.445 e. The molecule has 0 aromatic heterocycles. The van der Waals surface area contributed by atoms with Gasteiger partial charge in [0.1, 0.15) is 6.61 Å². The molecule has 132 valence electrons. The number of rotatable bonds is 4. The van der Waals surface area contributed by atoms with Crippen LogP contribution in [0.25, 0.3) is 0 Å². The van der Waals surface area contributed by atoms with Crippen molar-refractivity contribution in [2.45, 2.75) is 31.9 Å². The highest BCUT2D eigenvalue weighted by Crippen LogP contribution is 2.37. The Hall–Kier alpha value is -2.43. The Kier molecular flexibility index (Phi) is 5.64. The molecule has 5 heteroatoms. The number of piperidine rings is 1. The average molecular weight is 345 g/mol. The monoisotopic (exact) mass is 345 g/mol. The zero-order valence-corrected chi connectivity index (χ0v) is 13.9. The maximum Gasteiger partial charge on any atom is 0.410 e. The second kappa shape index (κ2) is 8.10. The van der Waals surface area contributed by atoms with E-state index in [2.05, 4.69) is 0 Å². The molecule has 1 fully saturated rings. The highest BCUT2D eigenvalue weighted by atomic mass is 19.3. The lowest BCUT2D eigenvalue weighted by Crippen LogP contribution is -2.42. The first-order chi connectivity index (χ1) is 12.1. The number of amides is 1. The van der Waals surface area contributed by atoms with E-state index in [4.69, 9.17) is 4.74 Å². The predicted octanol–water partition coefficient (Wildman–Crippen LogP) is 5.04. The highest BCUT2D eigenvalue weighted by molar-refractivity contribution is 5.68. The van der Waals surface area contributed by atoms with Crippen molar-refractivity contribution in [1.82, 2.24) is 4.90 Å². The van der Waals surface area contributed by atoms with E-state index >= 15 is 0 Å². The smallest absolute Gasteiger partial charge is 0.410 e. The molecule has 1 heterocycles. The van der Waals surface area contributed by atoms with Crippen LogP contribution in [0.1, 0.15) is 30.0 Å². The van der Waals surface area contributed by atoms with Crippen molar-refractivity contribution < 1.29 is 18.3 Å². The molecule has 0 bridgehead atoms. The van der Waals surface area contributed by atoms with Gasteiger partial charge in [0.2, 0.25) is 6.43 Å². The summed E-state index contributed by atoms with van der Waals surface area (Å²) in [5.41, 5.74) is 1.76. The zero-order chi connectivity index (χ0) is 17.6. The first-order valence-corrected chi connectivity index (χ1v) is 8.45. The van der Waals surface area contributed by atoms with E-state index in [1.165, 1.54) is 0 Å². The van der Waals surface area contributed by atoms with Crippen molar-refractivity contribution in [3.63, 3.8) is 0 Å². The van der Waals surface area contributed by atoms with Crippen LogP contribution in [-0.2, 0) is 11.3 Å². The van der Waals surface area contributed by atoms with Crippen LogP contribution in [0.5, 0.6) is 0 Å². The minimum absolute atomic E-state index is 0.177. The largest absolute Gasteiger partial charge is 0.445 e. The van der Waals surface area contributed by atoms with Crippen molar-refractivity contribution in [2.75, 3.05) is 6.54 Å². The molecular weight excluding hydrogens is 324 g/mol. The molecule has 0 spiro atoms. The number of halogens is 2. The quantitative estimate of drug-likeness (QED) is 0.777. The van der Waals surface area contributed by atoms with Crippen molar-refractivity contribution in [3.05, 3.63) is 71.8 Å². The number of carbonyl (C=O) groups is 1. The summed E-state index contributed by atoms with van der Waals surface area (Å²) in [7, 11) is 0. The summed E-state index contributed by atoms with van der Waals surface area (Å²) in [5, 5.41) is 0. The van der Waals surface area contributed by atoms with E-state index in [-0.39, 0.29) is 25.6 Å². The standard InChI is InChI=1S/C20H21F2NO2/c21-19(22)17-11-12-23(18(13-17)16-9-5-2-6-10-16)20(24)25-14-15-7-3-1-4-8-15/h1-10,17-19H,11-14H2/t17-,18+/m0/s1. The first-order valence-electron chi connectivity index (χ1n) is 8.45. The second-order valence-electron chi connectivity index (χ2n) is 6.28. The van der Waals surface area contributed by atoms with Crippen LogP contribution in [0, 0.1) is 5.92 Å². The van der Waals surface area contributed by atoms with Gasteiger partial charge in [-0.2, -0.15) is 0 Å². The second-order valence-corrected chi connectivity index (χ2v) is 6.28. The third-order valence-electron chi connectivity index (χ3n) is 4.62. The van der Waals surface area contributed by atoms with Gasteiger partial charge in [0.15, 0.2) is 0 Å². The Morgan fingerprint density at radius 1 is 1.08 bits per heavy atom. The van der Waals surface area contributed by atoms with Crippen LogP contribution >= 0.6 is 0 Å². The third kappa shape index (κ3) is 4.35. The normalized spacial score (nSPS) is 20.5. The van der Waals surface area contributed by atoms with E-state index < -0.39 is 18.4 Å². The molecule has 1 aliphatic rings. The molecule has 2 atom stereocenters. The first kappa shape index (κ1) is 17.4. The fourth-order valence-corrected chi connectivity index (χ4v) is 3.23. The molecule has 0 aliphatic carbocycles. The Labute approximate surface area is 146 Å². The molecule has 0 unspecified atom stereocenters. The van der Waals surface area contributed by atoms with E-state index in [0.717, 1.165) is 11.1 Å². The van der Waals surface area contributed by atoms with Gasteiger partial charge in [0.05, 0.1) is 6.04 Å². The molecule has 0 saturated carbocycles. The fraction of sp³-hybridized carbons (Fsp3) is 0.350. The maximum atomic E-state index is 13.2. The molecule has 25 heavy (non-hydrogen) atoms. The minimum atomic E-state index is -2.37. The topological polar surface area (TPSA) is 29.5 Å². The van der Waals surface area contributed by atoms with Crippen molar-refractivity contribution in [1.29, 1.82) is 0 Å². The summed E-state index contributed by atoms with van der Waals surface area (Å²) in [5.74, 6) is -0.691. The van der Waals surface area contributed by atoms with Crippen molar-refractivity contribution in [3.8, 4) is 0 Å². The number of likely N-dealkylation sites (tertiary alicyclic amines) is 1. The molecular formula is C20H21F2NO2. The molecule has 2 aromatic carbocycles. The lowest BCUT2D eigenvalue weighted by molar-refractivity contribution is 0.00487. The van der Waals surface area contributed by atoms with E-state index in [1.54, 1.807) is 4.90 Å². The molecule has 1 amide bonds. The van der Waals surface area contributed by atoms with Crippen LogP contribution < -0.4 is 0 Å². The Morgan fingerprint density at radius 2 is 1.72 bits per heavy atom. The fourth-order valence-electron chi connectivity index (χ4n) is 3.23. The maximum absolute atomic E-state index is 13.2. The van der Waals surface area contributed by atoms with Gasteiger partial charge in [0, 0.05) is 12.5 Å². The molecule has 3 rings (SSSR count). The number of ether oxygens (including phenoxy) is 1. The van der Waals surface area contributed by atoms with Crippen molar-refractivity contribution >= 4 is 6.09 Å². The lowest BCUT2D eigenvalue weighted by atomic mass is 9.87. The van der Waals surface area contributed by atoms with E-state index in [0.29, 0.717) is 6.42 Å². The number of benzene rings is 2. The lowest BCUT2D eigenvalue weighted by Gasteiger charge is -2.38. The summed E-state index contributed by atoms with van der Waals surface area (Å²) in [6, 6.07) is 18.4. The van der Waals surface area contributed by atoms with Crippen LogP contribution in [0.2, 0.25) is 0 Å². The Bertz CT molecular complexity index is 679. The molecule has 2 aromatic rings. The summed E-state index contributed by atoms with van der Waals surface area (Å²) in [6.07, 6.45) is -2.28. The number of nitrogens with zero attached hydrogens (tertiary/aromatic N) is 1. The molecule has 0 N–H and O–H groups in total. The molecule has 3 nitrogen and oxygen atoms in total. The molecule has 1 aliphatic heterocycles. The third-order valence-corrected chi connectivity index (χ3v) is 4.62. The van der Waals surface area contributed by atoms with Gasteiger partial charge >= 0.3 is 6.09 Å². The number of hydrogen-bond acceptors (Lipinski definition) is 2. The van der Waals surface area contributed by atoms with E-state index in [9.17, 15) is 13.6 Å². The average Bonchev–Trinajstić information content (AvgIpc) is 2.67. The Balaban J connectivity index is 1.72. The van der Waals surface area contributed by atoms with Gasteiger partial charge in [-0.1, -0.05) is 60.7 Å². The summed E-state index contributed by atoms with van der Waals surface area (Å²) >= 11 is 0. The number of carbonyl (C=O) groups excluding carboxylic acids is 1. The van der Waals surface area contributed by atoms with Gasteiger partial charge in [-0.15, -0.1) is 0 Å². The van der Waals surface area contributed by atoms with Crippen LogP contribution in [0.3, 0.4) is 0 Å². The summed E-state index contributed by atoms with van der Waals surface area (Å²) in [4.78, 5) is 14.1. The van der Waals surface area contributed by atoms with E-state index in [1.807, 2.05) is 60.7 Å². The SMILES string of the molecule is O=C(OCc1ccccc1)N1CC[C@H](C(F)F)C[C@@H]1c1ccccc1. The number of alkyl halides is 2. The van der Waals surface area contributed by atoms with Gasteiger partial charge < -0.3 is 9.64 Å². The van der Waals surface area contributed by atoms with Gasteiger partial charge in [-0.05, 0) is 24.0 Å². The molecule has 0 radical (unpaired) electrons. The summed E-state index contributed by atoms with van der Waals surface area (Å²) in [6.45, 7) is 0.456. The van der Waals surface area contributed by atoms with Crippen LogP contribution in [0.4, 0.5) is 13.6 Å².